The Hall–Kier alpha value is -8.14. The maximum Gasteiger partial charge on any atom is 0.160 e. The number of hydrogen-bond acceptors (Lipinski definition) is 3. The molecule has 3 heteroatoms. The predicted octanol–water partition coefficient (Wildman–Crippen LogP) is 15.7. The molecule has 0 spiro atoms. The van der Waals surface area contributed by atoms with Gasteiger partial charge in [0.15, 0.2) is 5.82 Å². The smallest absolute Gasteiger partial charge is 0.160 e. The number of rotatable bonds is 7. The molecule has 9 aromatic carbocycles. The summed E-state index contributed by atoms with van der Waals surface area (Å²) in [6, 6.07) is 80.0. The number of furan rings is 1. The molecule has 0 radical (unpaired) electrons. The molecule has 1 unspecified atom stereocenters. The molecule has 0 fully saturated rings. The second-order valence-corrected chi connectivity index (χ2v) is 16.6. The highest BCUT2D eigenvalue weighted by molar-refractivity contribution is 6.09. The zero-order chi connectivity index (χ0) is 41.9. The van der Waals surface area contributed by atoms with Crippen LogP contribution in [0, 0.1) is 0 Å². The van der Waals surface area contributed by atoms with Gasteiger partial charge in [0.2, 0.25) is 0 Å². The molecule has 0 N–H and O–H groups in total. The summed E-state index contributed by atoms with van der Waals surface area (Å²) in [5.74, 6) is 0.678. The number of aromatic nitrogens is 2. The lowest BCUT2D eigenvalue weighted by atomic mass is 9.73. The van der Waals surface area contributed by atoms with Crippen molar-refractivity contribution in [1.82, 2.24) is 9.97 Å². The standard InChI is InChI=1S/C60H40N2O/c1-60(44-24-9-4-10-25-44)52-32-17-29-46(39-18-5-2-6-19-39)57(52)51-35-34-42(37-53(51)60)45-26-11-12-27-48(45)55-38-54(61-59(62-55)40-20-7-3-8-21-40)43-23-15-22-41(36-43)47-30-16-31-50-49-28-13-14-33-56(49)63-58(47)50/h2-38H,1H3. The quantitative estimate of drug-likeness (QED) is 0.161. The van der Waals surface area contributed by atoms with Crippen molar-refractivity contribution in [2.75, 3.05) is 0 Å². The van der Waals surface area contributed by atoms with Gasteiger partial charge in [0, 0.05) is 38.4 Å². The van der Waals surface area contributed by atoms with Crippen LogP contribution in [0.25, 0.3) is 100 Å². The van der Waals surface area contributed by atoms with Crippen LogP contribution in [0.5, 0.6) is 0 Å². The van der Waals surface area contributed by atoms with Gasteiger partial charge < -0.3 is 4.42 Å². The Balaban J connectivity index is 1.02. The first-order valence-electron chi connectivity index (χ1n) is 21.6. The first-order chi connectivity index (χ1) is 31.1. The number of benzene rings is 9. The second kappa shape index (κ2) is 14.8. The lowest BCUT2D eigenvalue weighted by molar-refractivity contribution is 0.670. The van der Waals surface area contributed by atoms with Crippen LogP contribution in [-0.4, -0.2) is 9.97 Å². The second-order valence-electron chi connectivity index (χ2n) is 16.6. The fourth-order valence-corrected chi connectivity index (χ4v) is 9.92. The largest absolute Gasteiger partial charge is 0.455 e. The Morgan fingerprint density at radius 3 is 1.78 bits per heavy atom. The Morgan fingerprint density at radius 1 is 0.365 bits per heavy atom. The molecule has 2 aromatic heterocycles. The van der Waals surface area contributed by atoms with Crippen LogP contribution < -0.4 is 0 Å². The summed E-state index contributed by atoms with van der Waals surface area (Å²) in [5, 5.41) is 2.23. The summed E-state index contributed by atoms with van der Waals surface area (Å²) in [6.45, 7) is 2.39. The van der Waals surface area contributed by atoms with Crippen LogP contribution in [0.1, 0.15) is 23.6 Å². The monoisotopic (exact) mass is 804 g/mol. The van der Waals surface area contributed by atoms with E-state index in [1.807, 2.05) is 30.3 Å². The Labute approximate surface area is 366 Å². The van der Waals surface area contributed by atoms with Crippen LogP contribution >= 0.6 is 0 Å². The average Bonchev–Trinajstić information content (AvgIpc) is 3.87. The molecule has 12 rings (SSSR count). The van der Waals surface area contributed by atoms with Gasteiger partial charge >= 0.3 is 0 Å². The van der Waals surface area contributed by atoms with E-state index in [4.69, 9.17) is 14.4 Å². The minimum Gasteiger partial charge on any atom is -0.455 e. The van der Waals surface area contributed by atoms with Gasteiger partial charge in [-0.3, -0.25) is 0 Å². The van der Waals surface area contributed by atoms with Crippen molar-refractivity contribution in [2.24, 2.45) is 0 Å². The summed E-state index contributed by atoms with van der Waals surface area (Å²) >= 11 is 0. The van der Waals surface area contributed by atoms with Crippen molar-refractivity contribution < 1.29 is 4.42 Å². The number of hydrogen-bond donors (Lipinski definition) is 0. The van der Waals surface area contributed by atoms with Gasteiger partial charge in [-0.05, 0) is 86.8 Å². The maximum atomic E-state index is 6.48. The Bertz CT molecular complexity index is 3520. The predicted molar refractivity (Wildman–Crippen MR) is 259 cm³/mol. The number of para-hydroxylation sites is 2. The fourth-order valence-electron chi connectivity index (χ4n) is 9.92. The average molecular weight is 805 g/mol. The maximum absolute atomic E-state index is 6.48. The van der Waals surface area contributed by atoms with E-state index in [0.717, 1.165) is 72.3 Å². The van der Waals surface area contributed by atoms with Crippen LogP contribution in [0.15, 0.2) is 229 Å². The lowest BCUT2D eigenvalue weighted by Gasteiger charge is -2.29. The van der Waals surface area contributed by atoms with Gasteiger partial charge in [0.1, 0.15) is 11.2 Å². The molecule has 0 saturated carbocycles. The third kappa shape index (κ3) is 6.04. The summed E-state index contributed by atoms with van der Waals surface area (Å²) in [7, 11) is 0. The minimum absolute atomic E-state index is 0.373. The van der Waals surface area contributed by atoms with Crippen molar-refractivity contribution >= 4 is 21.9 Å². The van der Waals surface area contributed by atoms with E-state index in [2.05, 4.69) is 201 Å². The van der Waals surface area contributed by atoms with Gasteiger partial charge in [-0.2, -0.15) is 0 Å². The van der Waals surface area contributed by atoms with E-state index in [-0.39, 0.29) is 5.41 Å². The molecule has 11 aromatic rings. The minimum atomic E-state index is -0.373. The first kappa shape index (κ1) is 36.7. The van der Waals surface area contributed by atoms with E-state index in [1.165, 1.54) is 38.9 Å². The highest BCUT2D eigenvalue weighted by atomic mass is 16.3. The van der Waals surface area contributed by atoms with Crippen LogP contribution in [-0.2, 0) is 5.41 Å². The molecule has 1 aliphatic rings. The van der Waals surface area contributed by atoms with Gasteiger partial charge in [-0.15, -0.1) is 0 Å². The molecule has 63 heavy (non-hydrogen) atoms. The van der Waals surface area contributed by atoms with Crippen molar-refractivity contribution in [3.8, 4) is 78.4 Å². The zero-order valence-electron chi connectivity index (χ0n) is 34.7. The molecule has 296 valence electrons. The van der Waals surface area contributed by atoms with Gasteiger partial charge in [0.25, 0.3) is 0 Å². The highest BCUT2D eigenvalue weighted by Crippen LogP contribution is 2.56. The Kier molecular flexibility index (Phi) is 8.62. The SMILES string of the molecule is CC1(c2ccccc2)c2cc(-c3ccccc3-c3cc(-c4cccc(-c5cccc6c5oc5ccccc56)c4)nc(-c4ccccc4)n3)ccc2-c2c(-c3ccccc3)cccc21. The molecular formula is C60H40N2O. The van der Waals surface area contributed by atoms with E-state index in [9.17, 15) is 0 Å². The molecule has 1 atom stereocenters. The lowest BCUT2D eigenvalue weighted by Crippen LogP contribution is -2.22. The molecule has 0 saturated heterocycles. The zero-order valence-corrected chi connectivity index (χ0v) is 34.7. The van der Waals surface area contributed by atoms with Gasteiger partial charge in [-0.25, -0.2) is 9.97 Å². The summed E-state index contributed by atoms with van der Waals surface area (Å²) in [5.41, 5.74) is 19.4. The van der Waals surface area contributed by atoms with Crippen LogP contribution in [0.2, 0.25) is 0 Å². The molecule has 0 amide bonds. The Morgan fingerprint density at radius 2 is 0.952 bits per heavy atom. The third-order valence-electron chi connectivity index (χ3n) is 13.0. The van der Waals surface area contributed by atoms with Gasteiger partial charge in [0.05, 0.1) is 11.4 Å². The normalized spacial score (nSPS) is 14.2. The van der Waals surface area contributed by atoms with Crippen LogP contribution in [0.4, 0.5) is 0 Å². The topological polar surface area (TPSA) is 38.9 Å². The molecular weight excluding hydrogens is 765 g/mol. The molecule has 3 nitrogen and oxygen atoms in total. The van der Waals surface area contributed by atoms with Crippen LogP contribution in [0.3, 0.4) is 0 Å². The van der Waals surface area contributed by atoms with Crippen molar-refractivity contribution in [3.63, 3.8) is 0 Å². The van der Waals surface area contributed by atoms with E-state index < -0.39 is 0 Å². The number of fused-ring (bicyclic) bond motifs is 6. The molecule has 0 aliphatic heterocycles. The third-order valence-corrected chi connectivity index (χ3v) is 13.0. The highest BCUT2D eigenvalue weighted by Gasteiger charge is 2.42. The summed E-state index contributed by atoms with van der Waals surface area (Å²) < 4.78 is 6.48. The number of nitrogens with zero attached hydrogens (tertiary/aromatic N) is 2. The molecule has 2 heterocycles. The molecule has 0 bridgehead atoms. The van der Waals surface area contributed by atoms with Crippen molar-refractivity contribution in [2.45, 2.75) is 12.3 Å². The van der Waals surface area contributed by atoms with Crippen molar-refractivity contribution in [3.05, 3.63) is 241 Å². The van der Waals surface area contributed by atoms with E-state index in [1.54, 1.807) is 0 Å². The summed E-state index contributed by atoms with van der Waals surface area (Å²) in [4.78, 5) is 10.6. The summed E-state index contributed by atoms with van der Waals surface area (Å²) in [6.07, 6.45) is 0. The van der Waals surface area contributed by atoms with Crippen molar-refractivity contribution in [1.29, 1.82) is 0 Å². The molecule has 1 aliphatic carbocycles. The van der Waals surface area contributed by atoms with Gasteiger partial charge in [-0.1, -0.05) is 200 Å². The van der Waals surface area contributed by atoms with E-state index in [0.29, 0.717) is 5.82 Å². The fraction of sp³-hybridized carbons (Fsp3) is 0.0333. The first-order valence-corrected chi connectivity index (χ1v) is 21.6. The van der Waals surface area contributed by atoms with E-state index >= 15 is 0 Å².